The number of alkyl halides is 3. The summed E-state index contributed by atoms with van der Waals surface area (Å²) in [6.07, 6.45) is -5.15. The molecule has 2 aromatic rings. The summed E-state index contributed by atoms with van der Waals surface area (Å²) >= 11 is 0. The van der Waals surface area contributed by atoms with Crippen molar-refractivity contribution < 1.29 is 23.1 Å². The predicted molar refractivity (Wildman–Crippen MR) is 72.5 cm³/mol. The second kappa shape index (κ2) is 5.99. The fraction of sp³-hybridized carbons (Fsp3) is 0.286. The number of rotatable bonds is 5. The Kier molecular flexibility index (Phi) is 4.30. The maximum atomic E-state index is 12.1. The summed E-state index contributed by atoms with van der Waals surface area (Å²) in [6, 6.07) is 8.20. The number of aromatic carboxylic acids is 1. The van der Waals surface area contributed by atoms with Crippen molar-refractivity contribution >= 4 is 22.6 Å². The molecule has 2 rings (SSSR count). The highest BCUT2D eigenvalue weighted by Gasteiger charge is 2.25. The first kappa shape index (κ1) is 15.1. The summed E-state index contributed by atoms with van der Waals surface area (Å²) in [6.45, 7) is 0.104. The van der Waals surface area contributed by atoms with E-state index in [4.69, 9.17) is 5.11 Å². The second-order valence-corrected chi connectivity index (χ2v) is 4.52. The quantitative estimate of drug-likeness (QED) is 0.826. The van der Waals surface area contributed by atoms with E-state index < -0.39 is 18.6 Å². The minimum atomic E-state index is -4.19. The van der Waals surface area contributed by atoms with Crippen molar-refractivity contribution in [3.63, 3.8) is 0 Å². The van der Waals surface area contributed by atoms with Gasteiger partial charge in [-0.15, -0.1) is 0 Å². The third-order valence-corrected chi connectivity index (χ3v) is 2.89. The van der Waals surface area contributed by atoms with Crippen molar-refractivity contribution in [2.24, 2.45) is 0 Å². The van der Waals surface area contributed by atoms with Gasteiger partial charge in [0.15, 0.2) is 5.69 Å². The number of pyridine rings is 1. The van der Waals surface area contributed by atoms with Gasteiger partial charge >= 0.3 is 12.1 Å². The molecule has 0 spiro atoms. The van der Waals surface area contributed by atoms with E-state index in [-0.39, 0.29) is 18.7 Å². The van der Waals surface area contributed by atoms with Crippen LogP contribution in [0.3, 0.4) is 0 Å². The topological polar surface area (TPSA) is 62.2 Å². The van der Waals surface area contributed by atoms with Crippen LogP contribution in [0.15, 0.2) is 30.3 Å². The molecule has 1 aromatic heterocycles. The molecule has 2 N–H and O–H groups in total. The van der Waals surface area contributed by atoms with E-state index in [0.29, 0.717) is 16.6 Å². The molecule has 0 fully saturated rings. The van der Waals surface area contributed by atoms with Crippen LogP contribution in [0, 0.1) is 0 Å². The number of para-hydroxylation sites is 1. The van der Waals surface area contributed by atoms with Crippen LogP contribution < -0.4 is 5.32 Å². The van der Waals surface area contributed by atoms with E-state index >= 15 is 0 Å². The monoisotopic (exact) mass is 298 g/mol. The highest BCUT2D eigenvalue weighted by Crippen LogP contribution is 2.24. The lowest BCUT2D eigenvalue weighted by Crippen LogP contribution is -2.11. The molecular formula is C14H13F3N2O2. The molecule has 0 atom stereocenters. The van der Waals surface area contributed by atoms with Gasteiger partial charge in [-0.25, -0.2) is 9.78 Å². The number of hydrogen-bond acceptors (Lipinski definition) is 3. The number of carbonyl (C=O) groups is 1. The Morgan fingerprint density at radius 3 is 2.67 bits per heavy atom. The van der Waals surface area contributed by atoms with Gasteiger partial charge in [0.25, 0.3) is 0 Å². The number of carboxylic acids is 1. The molecule has 0 aliphatic rings. The second-order valence-electron chi connectivity index (χ2n) is 4.52. The van der Waals surface area contributed by atoms with Gasteiger partial charge in [0.2, 0.25) is 0 Å². The zero-order chi connectivity index (χ0) is 15.5. The zero-order valence-corrected chi connectivity index (χ0v) is 10.9. The summed E-state index contributed by atoms with van der Waals surface area (Å²) < 4.78 is 36.3. The molecule has 21 heavy (non-hydrogen) atoms. The van der Waals surface area contributed by atoms with Gasteiger partial charge in [-0.05, 0) is 18.6 Å². The Labute approximate surface area is 118 Å². The van der Waals surface area contributed by atoms with E-state index in [1.807, 2.05) is 0 Å². The van der Waals surface area contributed by atoms with Crippen LogP contribution >= 0.6 is 0 Å². The summed E-state index contributed by atoms with van der Waals surface area (Å²) in [4.78, 5) is 15.0. The normalized spacial score (nSPS) is 11.6. The van der Waals surface area contributed by atoms with E-state index in [0.717, 1.165) is 0 Å². The lowest BCUT2D eigenvalue weighted by atomic mass is 10.1. The first-order valence-electron chi connectivity index (χ1n) is 6.30. The minimum absolute atomic E-state index is 0.0808. The van der Waals surface area contributed by atoms with Crippen molar-refractivity contribution in [1.29, 1.82) is 0 Å². The first-order chi connectivity index (χ1) is 9.87. The largest absolute Gasteiger partial charge is 0.477 e. The SMILES string of the molecule is O=C(O)c1cc(NCCCC(F)(F)F)c2ccccc2n1. The Balaban J connectivity index is 2.19. The molecule has 1 aromatic carbocycles. The molecule has 0 aliphatic carbocycles. The van der Waals surface area contributed by atoms with Crippen LogP contribution in [-0.4, -0.2) is 28.8 Å². The van der Waals surface area contributed by atoms with Gasteiger partial charge in [0, 0.05) is 24.0 Å². The van der Waals surface area contributed by atoms with Crippen LogP contribution in [0.5, 0.6) is 0 Å². The molecule has 0 saturated heterocycles. The van der Waals surface area contributed by atoms with E-state index in [1.165, 1.54) is 6.07 Å². The number of carboxylic acid groups (broad SMARTS) is 1. The fourth-order valence-corrected chi connectivity index (χ4v) is 1.94. The number of halogens is 3. The first-order valence-corrected chi connectivity index (χ1v) is 6.30. The number of aromatic nitrogens is 1. The Hall–Kier alpha value is -2.31. The molecule has 1 heterocycles. The average Bonchev–Trinajstić information content (AvgIpc) is 2.42. The molecule has 0 aliphatic heterocycles. The Bertz CT molecular complexity index is 656. The smallest absolute Gasteiger partial charge is 0.389 e. The fourth-order valence-electron chi connectivity index (χ4n) is 1.94. The molecule has 4 nitrogen and oxygen atoms in total. The molecular weight excluding hydrogens is 285 g/mol. The van der Waals surface area contributed by atoms with Crippen molar-refractivity contribution in [3.05, 3.63) is 36.0 Å². The van der Waals surface area contributed by atoms with E-state index in [1.54, 1.807) is 24.3 Å². The summed E-state index contributed by atoms with van der Waals surface area (Å²) in [5.41, 5.74) is 0.808. The molecule has 0 unspecified atom stereocenters. The minimum Gasteiger partial charge on any atom is -0.477 e. The van der Waals surface area contributed by atoms with Crippen molar-refractivity contribution in [1.82, 2.24) is 4.98 Å². The maximum Gasteiger partial charge on any atom is 0.389 e. The number of nitrogens with one attached hydrogen (secondary N) is 1. The molecule has 7 heteroatoms. The maximum absolute atomic E-state index is 12.1. The average molecular weight is 298 g/mol. The highest BCUT2D eigenvalue weighted by atomic mass is 19.4. The van der Waals surface area contributed by atoms with Gasteiger partial charge in [-0.3, -0.25) is 0 Å². The van der Waals surface area contributed by atoms with Crippen molar-refractivity contribution in [2.75, 3.05) is 11.9 Å². The van der Waals surface area contributed by atoms with Crippen LogP contribution in [0.4, 0.5) is 18.9 Å². The van der Waals surface area contributed by atoms with Gasteiger partial charge in [0.1, 0.15) is 0 Å². The molecule has 0 saturated carbocycles. The third kappa shape index (κ3) is 4.08. The standard InChI is InChI=1S/C14H13F3N2O2/c15-14(16,17)6-3-7-18-11-8-12(13(20)21)19-10-5-2-1-4-9(10)11/h1-2,4-5,8H,3,6-7H2,(H,18,19)(H,20,21). The number of hydrogen-bond donors (Lipinski definition) is 2. The number of nitrogens with zero attached hydrogens (tertiary/aromatic N) is 1. The van der Waals surface area contributed by atoms with Gasteiger partial charge < -0.3 is 10.4 Å². The third-order valence-electron chi connectivity index (χ3n) is 2.89. The van der Waals surface area contributed by atoms with Crippen molar-refractivity contribution in [3.8, 4) is 0 Å². The molecule has 112 valence electrons. The van der Waals surface area contributed by atoms with Crippen LogP contribution in [-0.2, 0) is 0 Å². The molecule has 0 amide bonds. The molecule has 0 radical (unpaired) electrons. The zero-order valence-electron chi connectivity index (χ0n) is 10.9. The highest BCUT2D eigenvalue weighted by molar-refractivity contribution is 5.97. The van der Waals surface area contributed by atoms with Gasteiger partial charge in [-0.1, -0.05) is 18.2 Å². The van der Waals surface area contributed by atoms with Gasteiger partial charge in [0.05, 0.1) is 5.52 Å². The number of benzene rings is 1. The number of fused-ring (bicyclic) bond motifs is 1. The van der Waals surface area contributed by atoms with Crippen LogP contribution in [0.25, 0.3) is 10.9 Å². The lowest BCUT2D eigenvalue weighted by Gasteiger charge is -2.11. The molecule has 0 bridgehead atoms. The van der Waals surface area contributed by atoms with Gasteiger partial charge in [-0.2, -0.15) is 13.2 Å². The van der Waals surface area contributed by atoms with E-state index in [2.05, 4.69) is 10.3 Å². The van der Waals surface area contributed by atoms with E-state index in [9.17, 15) is 18.0 Å². The summed E-state index contributed by atoms with van der Waals surface area (Å²) in [7, 11) is 0. The van der Waals surface area contributed by atoms with Crippen LogP contribution in [0.1, 0.15) is 23.3 Å². The summed E-state index contributed by atoms with van der Waals surface area (Å²) in [5, 5.41) is 12.5. The van der Waals surface area contributed by atoms with Crippen LogP contribution in [0.2, 0.25) is 0 Å². The summed E-state index contributed by atoms with van der Waals surface area (Å²) in [5.74, 6) is -1.18. The lowest BCUT2D eigenvalue weighted by molar-refractivity contribution is -0.134. The predicted octanol–water partition coefficient (Wildman–Crippen LogP) is 3.69. The Morgan fingerprint density at radius 1 is 1.29 bits per heavy atom. The Morgan fingerprint density at radius 2 is 2.00 bits per heavy atom. The number of anilines is 1. The van der Waals surface area contributed by atoms with Crippen molar-refractivity contribution in [2.45, 2.75) is 19.0 Å².